The van der Waals surface area contributed by atoms with E-state index in [1.807, 2.05) is 23.5 Å². The van der Waals surface area contributed by atoms with Gasteiger partial charge in [0, 0.05) is 23.8 Å². The lowest BCUT2D eigenvalue weighted by atomic mass is 9.87. The number of hydrogen-bond acceptors (Lipinski definition) is 4. The molecule has 26 heavy (non-hydrogen) atoms. The van der Waals surface area contributed by atoms with Crippen molar-refractivity contribution in [3.63, 3.8) is 0 Å². The van der Waals surface area contributed by atoms with Gasteiger partial charge in [-0.3, -0.25) is 20.1 Å². The lowest BCUT2D eigenvalue weighted by Gasteiger charge is -2.25. The fourth-order valence-corrected chi connectivity index (χ4v) is 6.79. The molecule has 0 aliphatic carbocycles. The molecular weight excluding hydrogens is 410 g/mol. The Bertz CT molecular complexity index is 449. The number of nitrogens with two attached hydrogens (primary N) is 2. The molecule has 0 spiro atoms. The number of hydrogen-bond donors (Lipinski definition) is 4. The van der Waals surface area contributed by atoms with Crippen LogP contribution in [0.5, 0.6) is 0 Å². The van der Waals surface area contributed by atoms with E-state index in [1.54, 1.807) is 0 Å². The smallest absolute Gasteiger partial charge is 0.264 e. The second-order valence-corrected chi connectivity index (χ2v) is 14.9. The van der Waals surface area contributed by atoms with Crippen LogP contribution in [-0.2, 0) is 9.13 Å². The van der Waals surface area contributed by atoms with Crippen LogP contribution < -0.4 is 11.0 Å². The molecular formula is C16H38N2O4P2S2. The molecule has 0 aromatic rings. The lowest BCUT2D eigenvalue weighted by Crippen LogP contribution is -2.16. The standard InChI is InChI=1S/C16H38N2O4P2S2/c1-15(2,5-9-23(17,19)20)7-11-25-13-14-26-12-8-16(3,4)6-10-24(18,21)22/h5-14H2,1-4H3,(H3,17,19,20)(H3,18,21,22). The topological polar surface area (TPSA) is 127 Å². The zero-order chi connectivity index (χ0) is 20.5. The average molecular weight is 449 g/mol. The van der Waals surface area contributed by atoms with Crippen molar-refractivity contribution < 1.29 is 18.9 Å². The molecule has 158 valence electrons. The summed E-state index contributed by atoms with van der Waals surface area (Å²) in [5, 5.41) is 0. The van der Waals surface area contributed by atoms with Gasteiger partial charge in [0.1, 0.15) is 0 Å². The molecule has 0 aliphatic rings. The molecule has 0 heterocycles. The highest BCUT2D eigenvalue weighted by atomic mass is 32.2. The summed E-state index contributed by atoms with van der Waals surface area (Å²) < 4.78 is 22.4. The predicted molar refractivity (Wildman–Crippen MR) is 118 cm³/mol. The Morgan fingerprint density at radius 2 is 1.00 bits per heavy atom. The van der Waals surface area contributed by atoms with Gasteiger partial charge in [-0.15, -0.1) is 0 Å². The van der Waals surface area contributed by atoms with E-state index in [0.717, 1.165) is 35.9 Å². The van der Waals surface area contributed by atoms with Crippen LogP contribution >= 0.6 is 38.6 Å². The van der Waals surface area contributed by atoms with Gasteiger partial charge < -0.3 is 9.79 Å². The van der Waals surface area contributed by atoms with Crippen molar-refractivity contribution in [2.24, 2.45) is 21.8 Å². The van der Waals surface area contributed by atoms with Crippen LogP contribution in [0.3, 0.4) is 0 Å². The van der Waals surface area contributed by atoms with Crippen molar-refractivity contribution in [3.8, 4) is 0 Å². The minimum absolute atomic E-state index is 0.0388. The zero-order valence-corrected chi connectivity index (χ0v) is 20.1. The van der Waals surface area contributed by atoms with Gasteiger partial charge in [0.2, 0.25) is 0 Å². The van der Waals surface area contributed by atoms with Gasteiger partial charge in [-0.1, -0.05) is 27.7 Å². The predicted octanol–water partition coefficient (Wildman–Crippen LogP) is 4.35. The third kappa shape index (κ3) is 18.4. The van der Waals surface area contributed by atoms with Crippen LogP contribution in [0.1, 0.15) is 53.4 Å². The van der Waals surface area contributed by atoms with Crippen molar-refractivity contribution in [1.82, 2.24) is 0 Å². The Kier molecular flexibility index (Phi) is 12.3. The van der Waals surface area contributed by atoms with E-state index in [1.165, 1.54) is 0 Å². The van der Waals surface area contributed by atoms with Crippen molar-refractivity contribution in [2.75, 3.05) is 35.3 Å². The normalized spacial score (nSPS) is 17.7. The Morgan fingerprint density at radius 1 is 0.692 bits per heavy atom. The molecule has 0 aromatic carbocycles. The van der Waals surface area contributed by atoms with E-state index >= 15 is 0 Å². The van der Waals surface area contributed by atoms with Gasteiger partial charge in [0.05, 0.1) is 0 Å². The van der Waals surface area contributed by atoms with Gasteiger partial charge in [0.15, 0.2) is 0 Å². The molecule has 2 unspecified atom stereocenters. The summed E-state index contributed by atoms with van der Waals surface area (Å²) in [4.78, 5) is 18.4. The quantitative estimate of drug-likeness (QED) is 0.215. The Balaban J connectivity index is 3.72. The van der Waals surface area contributed by atoms with Gasteiger partial charge in [-0.2, -0.15) is 23.5 Å². The van der Waals surface area contributed by atoms with Crippen molar-refractivity contribution in [2.45, 2.75) is 53.4 Å². The van der Waals surface area contributed by atoms with Crippen LogP contribution in [-0.4, -0.2) is 45.1 Å². The maximum Gasteiger partial charge on any atom is 0.264 e. The molecule has 6 nitrogen and oxygen atoms in total. The molecule has 0 fully saturated rings. The highest BCUT2D eigenvalue weighted by molar-refractivity contribution is 8.02. The second-order valence-electron chi connectivity index (χ2n) is 8.51. The van der Waals surface area contributed by atoms with E-state index in [9.17, 15) is 18.9 Å². The SMILES string of the molecule is CC(C)(CCSCCSCCC(C)(C)CCP(N)(=O)O)CCP(N)(=O)O. The van der Waals surface area contributed by atoms with Crippen LogP contribution in [0.2, 0.25) is 0 Å². The van der Waals surface area contributed by atoms with Crippen LogP contribution in [0, 0.1) is 10.8 Å². The largest absolute Gasteiger partial charge is 0.333 e. The molecule has 0 aromatic heterocycles. The van der Waals surface area contributed by atoms with E-state index in [-0.39, 0.29) is 23.2 Å². The van der Waals surface area contributed by atoms with E-state index in [2.05, 4.69) is 27.7 Å². The van der Waals surface area contributed by atoms with Gasteiger partial charge >= 0.3 is 0 Å². The first-order valence-electron chi connectivity index (χ1n) is 8.98. The summed E-state index contributed by atoms with van der Waals surface area (Å²) in [5.74, 6) is 4.26. The summed E-state index contributed by atoms with van der Waals surface area (Å²) in [6, 6.07) is 0. The molecule has 0 bridgehead atoms. The third-order valence-corrected chi connectivity index (χ3v) is 8.39. The number of thioether (sulfide) groups is 2. The van der Waals surface area contributed by atoms with Gasteiger partial charge in [-0.05, 0) is 48.0 Å². The van der Waals surface area contributed by atoms with E-state index < -0.39 is 15.0 Å². The molecule has 0 aliphatic heterocycles. The average Bonchev–Trinajstić information content (AvgIpc) is 2.45. The first kappa shape index (κ1) is 27.0. The summed E-state index contributed by atoms with van der Waals surface area (Å²) in [6.45, 7) is 8.47. The van der Waals surface area contributed by atoms with Crippen molar-refractivity contribution >= 4 is 38.6 Å². The van der Waals surface area contributed by atoms with Crippen LogP contribution in [0.25, 0.3) is 0 Å². The second kappa shape index (κ2) is 11.9. The summed E-state index contributed by atoms with van der Waals surface area (Å²) in [7, 11) is -6.79. The third-order valence-electron chi connectivity index (χ3n) is 4.44. The first-order valence-corrected chi connectivity index (χ1v) is 15.1. The molecule has 0 radical (unpaired) electrons. The van der Waals surface area contributed by atoms with Crippen LogP contribution in [0.4, 0.5) is 0 Å². The molecule has 0 saturated heterocycles. The summed E-state index contributed by atoms with van der Waals surface area (Å²) in [5.41, 5.74) is 10.5. The minimum atomic E-state index is -3.39. The molecule has 0 rings (SSSR count). The molecule has 0 amide bonds. The van der Waals surface area contributed by atoms with Crippen molar-refractivity contribution in [1.29, 1.82) is 0 Å². The molecule has 6 N–H and O–H groups in total. The lowest BCUT2D eigenvalue weighted by molar-refractivity contribution is 0.336. The summed E-state index contributed by atoms with van der Waals surface area (Å²) >= 11 is 3.83. The number of rotatable bonds is 15. The van der Waals surface area contributed by atoms with E-state index in [4.69, 9.17) is 11.0 Å². The minimum Gasteiger partial charge on any atom is -0.333 e. The fraction of sp³-hybridized carbons (Fsp3) is 1.00. The highest BCUT2D eigenvalue weighted by Crippen LogP contribution is 2.38. The van der Waals surface area contributed by atoms with Crippen molar-refractivity contribution in [3.05, 3.63) is 0 Å². The molecule has 2 atom stereocenters. The molecule has 10 heteroatoms. The maximum absolute atomic E-state index is 11.2. The first-order chi connectivity index (χ1) is 11.6. The zero-order valence-electron chi connectivity index (χ0n) is 16.6. The Morgan fingerprint density at radius 3 is 1.27 bits per heavy atom. The van der Waals surface area contributed by atoms with E-state index in [0.29, 0.717) is 12.8 Å². The monoisotopic (exact) mass is 448 g/mol. The Labute approximate surface area is 168 Å². The Hall–Kier alpha value is 1.000. The molecule has 0 saturated carbocycles. The van der Waals surface area contributed by atoms with Gasteiger partial charge in [-0.25, -0.2) is 0 Å². The maximum atomic E-state index is 11.2. The highest BCUT2D eigenvalue weighted by Gasteiger charge is 2.23. The van der Waals surface area contributed by atoms with Crippen LogP contribution in [0.15, 0.2) is 0 Å². The summed E-state index contributed by atoms with van der Waals surface area (Å²) in [6.07, 6.45) is 3.74. The van der Waals surface area contributed by atoms with Gasteiger partial charge in [0.25, 0.3) is 15.0 Å². The fourth-order valence-electron chi connectivity index (χ4n) is 2.19.